The van der Waals surface area contributed by atoms with Crippen molar-refractivity contribution >= 4 is 45.0 Å². The molecule has 2 rings (SSSR count). The van der Waals surface area contributed by atoms with Crippen LogP contribution in [-0.4, -0.2) is 17.8 Å². The molecule has 2 atom stereocenters. The van der Waals surface area contributed by atoms with Gasteiger partial charge in [0.15, 0.2) is 0 Å². The summed E-state index contributed by atoms with van der Waals surface area (Å²) in [7, 11) is 0. The molecular formula is C14H16BrCl2NO. The summed E-state index contributed by atoms with van der Waals surface area (Å²) in [5.74, 6) is 0.414. The van der Waals surface area contributed by atoms with E-state index >= 15 is 0 Å². The van der Waals surface area contributed by atoms with Gasteiger partial charge in [0.2, 0.25) is 0 Å². The summed E-state index contributed by atoms with van der Waals surface area (Å²) < 4.78 is 0.794. The van der Waals surface area contributed by atoms with Gasteiger partial charge in [-0.25, -0.2) is 0 Å². The highest BCUT2D eigenvalue weighted by molar-refractivity contribution is 9.10. The van der Waals surface area contributed by atoms with Gasteiger partial charge in [0, 0.05) is 22.0 Å². The van der Waals surface area contributed by atoms with Crippen LogP contribution in [0.25, 0.3) is 0 Å². The van der Waals surface area contributed by atoms with Gasteiger partial charge in [0.05, 0.1) is 5.02 Å². The maximum Gasteiger partial charge on any atom is 0.251 e. The van der Waals surface area contributed by atoms with Gasteiger partial charge in [-0.15, -0.1) is 11.6 Å². The summed E-state index contributed by atoms with van der Waals surface area (Å²) in [6.45, 7) is 0.690. The molecule has 1 aliphatic carbocycles. The molecule has 0 saturated heterocycles. The highest BCUT2D eigenvalue weighted by Crippen LogP contribution is 2.27. The Morgan fingerprint density at radius 1 is 1.42 bits per heavy atom. The summed E-state index contributed by atoms with van der Waals surface area (Å²) in [4.78, 5) is 12.0. The molecule has 2 nitrogen and oxygen atoms in total. The minimum atomic E-state index is -0.0777. The molecule has 1 aromatic carbocycles. The average Bonchev–Trinajstić information content (AvgIpc) is 2.39. The Morgan fingerprint density at radius 2 is 2.21 bits per heavy atom. The lowest BCUT2D eigenvalue weighted by molar-refractivity contribution is 0.0943. The second-order valence-corrected chi connectivity index (χ2v) is 6.85. The highest BCUT2D eigenvalue weighted by atomic mass is 79.9. The van der Waals surface area contributed by atoms with E-state index in [-0.39, 0.29) is 11.3 Å². The molecule has 0 spiro atoms. The number of carbonyl (C=O) groups is 1. The molecule has 1 N–H and O–H groups in total. The van der Waals surface area contributed by atoms with Gasteiger partial charge < -0.3 is 5.32 Å². The quantitative estimate of drug-likeness (QED) is 0.778. The average molecular weight is 365 g/mol. The van der Waals surface area contributed by atoms with Crippen molar-refractivity contribution in [2.45, 2.75) is 31.1 Å². The fourth-order valence-corrected chi connectivity index (χ4v) is 3.22. The Balaban J connectivity index is 1.88. The molecule has 1 saturated carbocycles. The largest absolute Gasteiger partial charge is 0.352 e. The van der Waals surface area contributed by atoms with Gasteiger partial charge in [-0.1, -0.05) is 18.0 Å². The third kappa shape index (κ3) is 4.37. The van der Waals surface area contributed by atoms with Crippen molar-refractivity contribution < 1.29 is 4.79 Å². The van der Waals surface area contributed by atoms with Crippen molar-refractivity contribution in [3.8, 4) is 0 Å². The Hall–Kier alpha value is -0.250. The van der Waals surface area contributed by atoms with Gasteiger partial charge in [0.1, 0.15) is 0 Å². The van der Waals surface area contributed by atoms with E-state index < -0.39 is 0 Å². The predicted octanol–water partition coefficient (Wildman–Crippen LogP) is 4.63. The highest BCUT2D eigenvalue weighted by Gasteiger charge is 2.20. The zero-order valence-electron chi connectivity index (χ0n) is 10.5. The molecule has 5 heteroatoms. The number of rotatable bonds is 3. The zero-order valence-corrected chi connectivity index (χ0v) is 13.6. The summed E-state index contributed by atoms with van der Waals surface area (Å²) >= 11 is 15.4. The molecule has 19 heavy (non-hydrogen) atoms. The van der Waals surface area contributed by atoms with E-state index in [0.717, 1.165) is 30.2 Å². The van der Waals surface area contributed by atoms with Crippen molar-refractivity contribution in [2.75, 3.05) is 6.54 Å². The summed E-state index contributed by atoms with van der Waals surface area (Å²) in [6, 6.07) is 5.22. The smallest absolute Gasteiger partial charge is 0.251 e. The van der Waals surface area contributed by atoms with Crippen LogP contribution in [0.1, 0.15) is 36.0 Å². The summed E-state index contributed by atoms with van der Waals surface area (Å²) in [5, 5.41) is 3.77. The monoisotopic (exact) mass is 363 g/mol. The third-order valence-corrected chi connectivity index (χ3v) is 5.08. The number of nitrogens with one attached hydrogen (secondary N) is 1. The maximum absolute atomic E-state index is 12.0. The van der Waals surface area contributed by atoms with Crippen LogP contribution < -0.4 is 5.32 Å². The number of halogens is 3. The first-order chi connectivity index (χ1) is 9.06. The first kappa shape index (κ1) is 15.1. The normalized spacial score (nSPS) is 23.1. The SMILES string of the molecule is O=C(NCC1CCCC(Cl)C1)c1ccc(Br)c(Cl)c1. The van der Waals surface area contributed by atoms with E-state index in [1.54, 1.807) is 18.2 Å². The lowest BCUT2D eigenvalue weighted by atomic mass is 9.89. The zero-order chi connectivity index (χ0) is 13.8. The van der Waals surface area contributed by atoms with Gasteiger partial charge >= 0.3 is 0 Å². The second-order valence-electron chi connectivity index (χ2n) is 4.97. The van der Waals surface area contributed by atoms with Gasteiger partial charge in [-0.3, -0.25) is 4.79 Å². The molecule has 0 aromatic heterocycles. The van der Waals surface area contributed by atoms with Crippen LogP contribution >= 0.6 is 39.1 Å². The second kappa shape index (κ2) is 6.96. The fraction of sp³-hybridized carbons (Fsp3) is 0.500. The van der Waals surface area contributed by atoms with Crippen LogP contribution in [0.15, 0.2) is 22.7 Å². The van der Waals surface area contributed by atoms with E-state index in [1.807, 2.05) is 0 Å². The van der Waals surface area contributed by atoms with Crippen LogP contribution in [0.3, 0.4) is 0 Å². The lowest BCUT2D eigenvalue weighted by Crippen LogP contribution is -2.32. The van der Waals surface area contributed by atoms with E-state index in [9.17, 15) is 4.79 Å². The fourth-order valence-electron chi connectivity index (χ4n) is 2.39. The standard InChI is InChI=1S/C14H16BrCl2NO/c15-12-5-4-10(7-13(12)17)14(19)18-8-9-2-1-3-11(16)6-9/h4-5,7,9,11H,1-3,6,8H2,(H,18,19). The molecule has 2 unspecified atom stereocenters. The number of amides is 1. The van der Waals surface area contributed by atoms with Crippen molar-refractivity contribution in [1.82, 2.24) is 5.32 Å². The van der Waals surface area contributed by atoms with Crippen molar-refractivity contribution in [3.05, 3.63) is 33.3 Å². The van der Waals surface area contributed by atoms with E-state index in [0.29, 0.717) is 23.0 Å². The summed E-state index contributed by atoms with van der Waals surface area (Å²) in [6.07, 6.45) is 4.38. The van der Waals surface area contributed by atoms with Crippen LogP contribution in [0.2, 0.25) is 5.02 Å². The molecule has 1 aromatic rings. The van der Waals surface area contributed by atoms with Crippen LogP contribution in [-0.2, 0) is 0 Å². The molecule has 0 bridgehead atoms. The number of hydrogen-bond donors (Lipinski definition) is 1. The Morgan fingerprint density at radius 3 is 2.89 bits per heavy atom. The van der Waals surface area contributed by atoms with Gasteiger partial charge in [-0.2, -0.15) is 0 Å². The Labute approximate surface area is 132 Å². The molecule has 1 fully saturated rings. The molecule has 0 heterocycles. The lowest BCUT2D eigenvalue weighted by Gasteiger charge is -2.25. The first-order valence-electron chi connectivity index (χ1n) is 6.43. The molecule has 104 valence electrons. The number of hydrogen-bond acceptors (Lipinski definition) is 1. The Kier molecular flexibility index (Phi) is 5.55. The molecule has 0 radical (unpaired) electrons. The van der Waals surface area contributed by atoms with Crippen molar-refractivity contribution in [2.24, 2.45) is 5.92 Å². The van der Waals surface area contributed by atoms with E-state index in [2.05, 4.69) is 21.2 Å². The third-order valence-electron chi connectivity index (χ3n) is 3.45. The van der Waals surface area contributed by atoms with Gasteiger partial charge in [-0.05, 0) is 59.3 Å². The molecular weight excluding hydrogens is 349 g/mol. The van der Waals surface area contributed by atoms with Crippen molar-refractivity contribution in [3.63, 3.8) is 0 Å². The molecule has 0 aliphatic heterocycles. The van der Waals surface area contributed by atoms with E-state index in [1.165, 1.54) is 0 Å². The van der Waals surface area contributed by atoms with Gasteiger partial charge in [0.25, 0.3) is 5.91 Å². The van der Waals surface area contributed by atoms with Crippen molar-refractivity contribution in [1.29, 1.82) is 0 Å². The topological polar surface area (TPSA) is 29.1 Å². The Bertz CT molecular complexity index is 467. The minimum Gasteiger partial charge on any atom is -0.352 e. The molecule has 1 aliphatic rings. The predicted molar refractivity (Wildman–Crippen MR) is 83.1 cm³/mol. The number of alkyl halides is 1. The van der Waals surface area contributed by atoms with E-state index in [4.69, 9.17) is 23.2 Å². The maximum atomic E-state index is 12.0. The van der Waals surface area contributed by atoms with Crippen LogP contribution in [0, 0.1) is 5.92 Å². The minimum absolute atomic E-state index is 0.0777. The van der Waals surface area contributed by atoms with Crippen LogP contribution in [0.5, 0.6) is 0 Å². The number of benzene rings is 1. The first-order valence-corrected chi connectivity index (χ1v) is 8.04. The van der Waals surface area contributed by atoms with Crippen LogP contribution in [0.4, 0.5) is 0 Å². The summed E-state index contributed by atoms with van der Waals surface area (Å²) in [5.41, 5.74) is 0.589. The number of carbonyl (C=O) groups excluding carboxylic acids is 1. The molecule has 1 amide bonds.